The molecular formula is C23H26N4O4. The molecule has 0 spiro atoms. The van der Waals surface area contributed by atoms with E-state index in [4.69, 9.17) is 19.2 Å². The maximum atomic E-state index is 13.0. The summed E-state index contributed by atoms with van der Waals surface area (Å²) in [6.45, 7) is 1.43. The smallest absolute Gasteiger partial charge is 0.229 e. The quantitative estimate of drug-likeness (QED) is 0.651. The minimum atomic E-state index is -0.166. The predicted molar refractivity (Wildman–Crippen MR) is 119 cm³/mol. The van der Waals surface area contributed by atoms with E-state index < -0.39 is 0 Å². The number of hydrogen-bond donors (Lipinski definition) is 1. The van der Waals surface area contributed by atoms with Crippen molar-refractivity contribution in [2.24, 2.45) is 5.92 Å². The Morgan fingerprint density at radius 2 is 1.77 bits per heavy atom. The van der Waals surface area contributed by atoms with Gasteiger partial charge in [-0.05, 0) is 25.0 Å². The molecule has 0 unspecified atom stereocenters. The molecule has 2 heterocycles. The maximum absolute atomic E-state index is 13.0. The highest BCUT2D eigenvalue weighted by molar-refractivity contribution is 5.93. The van der Waals surface area contributed by atoms with Crippen LogP contribution < -0.4 is 24.4 Å². The lowest BCUT2D eigenvalue weighted by atomic mass is 9.97. The second kappa shape index (κ2) is 9.07. The van der Waals surface area contributed by atoms with Crippen molar-refractivity contribution in [3.05, 3.63) is 42.6 Å². The molecule has 1 amide bonds. The predicted octanol–water partition coefficient (Wildman–Crippen LogP) is 3.51. The number of para-hydroxylation sites is 2. The normalized spacial score (nSPS) is 16.1. The topological polar surface area (TPSA) is 85.8 Å². The summed E-state index contributed by atoms with van der Waals surface area (Å²) in [5.41, 5.74) is 2.31. The van der Waals surface area contributed by atoms with Crippen molar-refractivity contribution < 1.29 is 19.0 Å². The zero-order valence-corrected chi connectivity index (χ0v) is 17.9. The van der Waals surface area contributed by atoms with Gasteiger partial charge in [-0.3, -0.25) is 9.78 Å². The summed E-state index contributed by atoms with van der Waals surface area (Å²) in [4.78, 5) is 24.4. The van der Waals surface area contributed by atoms with Gasteiger partial charge in [0, 0.05) is 30.9 Å². The van der Waals surface area contributed by atoms with E-state index in [0.717, 1.165) is 36.2 Å². The summed E-state index contributed by atoms with van der Waals surface area (Å²) in [6, 6.07) is 11.2. The highest BCUT2D eigenvalue weighted by Crippen LogP contribution is 2.40. The molecule has 0 radical (unpaired) electrons. The van der Waals surface area contributed by atoms with Gasteiger partial charge in [-0.15, -0.1) is 0 Å². The Morgan fingerprint density at radius 1 is 1.06 bits per heavy atom. The number of methoxy groups -OCH3 is 3. The number of carbonyl (C=O) groups excluding carboxylic acids is 1. The van der Waals surface area contributed by atoms with Gasteiger partial charge in [-0.25, -0.2) is 4.98 Å². The molecular weight excluding hydrogens is 396 g/mol. The van der Waals surface area contributed by atoms with Crippen molar-refractivity contribution in [2.75, 3.05) is 44.6 Å². The number of nitrogens with one attached hydrogen (secondary N) is 1. The molecule has 1 fully saturated rings. The van der Waals surface area contributed by atoms with Crippen LogP contribution in [0.1, 0.15) is 12.8 Å². The summed E-state index contributed by atoms with van der Waals surface area (Å²) in [7, 11) is 4.64. The summed E-state index contributed by atoms with van der Waals surface area (Å²) in [5.74, 6) is 2.06. The van der Waals surface area contributed by atoms with Gasteiger partial charge >= 0.3 is 0 Å². The van der Waals surface area contributed by atoms with Crippen LogP contribution in [0.15, 0.2) is 42.6 Å². The lowest BCUT2D eigenvalue weighted by molar-refractivity contribution is -0.120. The number of nitrogens with zero attached hydrogens (tertiary/aromatic N) is 3. The highest BCUT2D eigenvalue weighted by atomic mass is 16.5. The zero-order valence-electron chi connectivity index (χ0n) is 17.9. The molecule has 1 atom stereocenters. The molecule has 8 nitrogen and oxygen atoms in total. The van der Waals surface area contributed by atoms with E-state index in [9.17, 15) is 4.79 Å². The van der Waals surface area contributed by atoms with E-state index >= 15 is 0 Å². The second-order valence-corrected chi connectivity index (χ2v) is 7.41. The Kier molecular flexibility index (Phi) is 6.06. The summed E-state index contributed by atoms with van der Waals surface area (Å²) in [6.07, 6.45) is 3.50. The average Bonchev–Trinajstić information content (AvgIpc) is 2.83. The number of rotatable bonds is 6. The molecule has 0 aliphatic carbocycles. The standard InChI is InChI=1S/C23H26N4O4/c1-29-19-11-16(12-20(30-2)22(19)31-3)25-23(28)15-7-6-10-27(14-15)21-13-24-17-8-4-5-9-18(17)26-21/h4-5,8-9,11-13,15H,6-7,10,14H2,1-3H3,(H,25,28)/t15-/m1/s1. The molecule has 1 aromatic heterocycles. The summed E-state index contributed by atoms with van der Waals surface area (Å²) in [5, 5.41) is 3.00. The molecule has 3 aromatic rings. The van der Waals surface area contributed by atoms with Crippen LogP contribution in [0.5, 0.6) is 17.2 Å². The van der Waals surface area contributed by atoms with E-state index in [2.05, 4.69) is 15.2 Å². The third-order valence-corrected chi connectivity index (χ3v) is 5.48. The first-order valence-electron chi connectivity index (χ1n) is 10.2. The average molecular weight is 422 g/mol. The van der Waals surface area contributed by atoms with E-state index in [-0.39, 0.29) is 11.8 Å². The number of benzene rings is 2. The van der Waals surface area contributed by atoms with E-state index in [1.807, 2.05) is 24.3 Å². The van der Waals surface area contributed by atoms with Crippen LogP contribution in [0, 0.1) is 5.92 Å². The maximum Gasteiger partial charge on any atom is 0.229 e. The fraction of sp³-hybridized carbons (Fsp3) is 0.348. The van der Waals surface area contributed by atoms with Crippen molar-refractivity contribution in [1.29, 1.82) is 0 Å². The van der Waals surface area contributed by atoms with Gasteiger partial charge in [0.15, 0.2) is 11.5 Å². The van der Waals surface area contributed by atoms with Crippen molar-refractivity contribution in [1.82, 2.24) is 9.97 Å². The first-order valence-corrected chi connectivity index (χ1v) is 10.2. The van der Waals surface area contributed by atoms with Gasteiger partial charge in [-0.2, -0.15) is 0 Å². The van der Waals surface area contributed by atoms with Crippen molar-refractivity contribution in [3.63, 3.8) is 0 Å². The Bertz CT molecular complexity index is 1060. The van der Waals surface area contributed by atoms with Crippen LogP contribution in [-0.4, -0.2) is 50.3 Å². The zero-order chi connectivity index (χ0) is 21.8. The first kappa shape index (κ1) is 20.7. The second-order valence-electron chi connectivity index (χ2n) is 7.41. The van der Waals surface area contributed by atoms with Gasteiger partial charge in [0.05, 0.1) is 44.5 Å². The summed E-state index contributed by atoms with van der Waals surface area (Å²) >= 11 is 0. The molecule has 1 N–H and O–H groups in total. The van der Waals surface area contributed by atoms with Crippen LogP contribution in [0.3, 0.4) is 0 Å². The van der Waals surface area contributed by atoms with Gasteiger partial charge in [-0.1, -0.05) is 12.1 Å². The van der Waals surface area contributed by atoms with E-state index in [0.29, 0.717) is 29.5 Å². The molecule has 0 bridgehead atoms. The number of carbonyl (C=O) groups is 1. The molecule has 4 rings (SSSR count). The Labute approximate surface area is 181 Å². The van der Waals surface area contributed by atoms with Crippen LogP contribution >= 0.6 is 0 Å². The van der Waals surface area contributed by atoms with Crippen LogP contribution in [0.2, 0.25) is 0 Å². The monoisotopic (exact) mass is 422 g/mol. The molecule has 0 saturated carbocycles. The number of aromatic nitrogens is 2. The minimum Gasteiger partial charge on any atom is -0.493 e. The van der Waals surface area contributed by atoms with Gasteiger partial charge < -0.3 is 24.4 Å². The van der Waals surface area contributed by atoms with Crippen molar-refractivity contribution in [2.45, 2.75) is 12.8 Å². The van der Waals surface area contributed by atoms with Gasteiger partial charge in [0.1, 0.15) is 5.82 Å². The Balaban J connectivity index is 1.50. The van der Waals surface area contributed by atoms with Crippen LogP contribution in [0.25, 0.3) is 11.0 Å². The number of fused-ring (bicyclic) bond motifs is 1. The largest absolute Gasteiger partial charge is 0.493 e. The molecule has 31 heavy (non-hydrogen) atoms. The van der Waals surface area contributed by atoms with Crippen molar-refractivity contribution >= 4 is 28.4 Å². The molecule has 1 aliphatic heterocycles. The number of piperidine rings is 1. The van der Waals surface area contributed by atoms with Gasteiger partial charge in [0.2, 0.25) is 11.7 Å². The van der Waals surface area contributed by atoms with E-state index in [1.54, 1.807) is 39.7 Å². The molecule has 8 heteroatoms. The number of ether oxygens (including phenoxy) is 3. The number of hydrogen-bond acceptors (Lipinski definition) is 7. The first-order chi connectivity index (χ1) is 15.1. The molecule has 1 saturated heterocycles. The minimum absolute atomic E-state index is 0.0484. The highest BCUT2D eigenvalue weighted by Gasteiger charge is 2.27. The van der Waals surface area contributed by atoms with E-state index in [1.165, 1.54) is 0 Å². The third-order valence-electron chi connectivity index (χ3n) is 5.48. The fourth-order valence-electron chi connectivity index (χ4n) is 3.90. The molecule has 162 valence electrons. The Hall–Kier alpha value is -3.55. The van der Waals surface area contributed by atoms with Crippen molar-refractivity contribution in [3.8, 4) is 17.2 Å². The lowest BCUT2D eigenvalue weighted by Crippen LogP contribution is -2.41. The molecule has 2 aromatic carbocycles. The molecule has 1 aliphatic rings. The van der Waals surface area contributed by atoms with Crippen LogP contribution in [-0.2, 0) is 4.79 Å². The number of amides is 1. The Morgan fingerprint density at radius 3 is 2.45 bits per heavy atom. The third kappa shape index (κ3) is 4.33. The SMILES string of the molecule is COc1cc(NC(=O)[C@@H]2CCCN(c3cnc4ccccc4n3)C2)cc(OC)c1OC. The van der Waals surface area contributed by atoms with Crippen LogP contribution in [0.4, 0.5) is 11.5 Å². The fourth-order valence-corrected chi connectivity index (χ4v) is 3.90. The lowest BCUT2D eigenvalue weighted by Gasteiger charge is -2.32. The summed E-state index contributed by atoms with van der Waals surface area (Å²) < 4.78 is 16.1. The number of anilines is 2. The van der Waals surface area contributed by atoms with Gasteiger partial charge in [0.25, 0.3) is 0 Å².